The Bertz CT molecular complexity index is 2880. The van der Waals surface area contributed by atoms with Crippen molar-refractivity contribution in [3.8, 4) is 11.5 Å². The maximum atomic E-state index is 14.9. The number of amides is 9. The number of fused-ring (bicyclic) bond motifs is 17. The Morgan fingerprint density at radius 2 is 1.19 bits per heavy atom. The number of carbonyl (C=O) groups excluding carboxylic acids is 9. The first-order valence-electron chi connectivity index (χ1n) is 25.8. The second kappa shape index (κ2) is 28.2. The first-order valence-corrected chi connectivity index (χ1v) is 28.7. The van der Waals surface area contributed by atoms with Crippen LogP contribution in [0.25, 0.3) is 0 Å². The van der Waals surface area contributed by atoms with Gasteiger partial charge in [-0.15, -0.1) is 0 Å². The highest BCUT2D eigenvalue weighted by Gasteiger charge is 2.54. The van der Waals surface area contributed by atoms with E-state index in [2.05, 4.69) is 37.2 Å². The van der Waals surface area contributed by atoms with Crippen molar-refractivity contribution in [2.45, 2.75) is 113 Å². The molecule has 17 N–H and O–H groups in total. The molecule has 3 heterocycles. The Labute approximate surface area is 475 Å². The molecule has 22 nitrogen and oxygen atoms in total. The van der Waals surface area contributed by atoms with Gasteiger partial charge in [-0.1, -0.05) is 95.6 Å². The number of phenolic OH excluding ortho intramolecular Hbond substituents is 2. The molecule has 428 valence electrons. The summed E-state index contributed by atoms with van der Waals surface area (Å²) in [6.45, 7) is 3.58. The summed E-state index contributed by atoms with van der Waals surface area (Å²) in [6, 6.07) is 14.9. The van der Waals surface area contributed by atoms with Crippen LogP contribution in [0.15, 0.2) is 97.1 Å². The number of nitrogens with two attached hydrogens (primary N) is 4. The average molecular weight is 1160 g/mol. The normalized spacial score (nSPS) is 22.7. The topological polar surface area (TPSA) is 382 Å². The zero-order valence-electron chi connectivity index (χ0n) is 44.1. The number of aromatic hydroxyl groups is 2. The smallest absolute Gasteiger partial charge is 0.248 e. The van der Waals surface area contributed by atoms with Crippen molar-refractivity contribution in [2.75, 3.05) is 18.1 Å². The van der Waals surface area contributed by atoms with Gasteiger partial charge in [-0.2, -0.15) is 0 Å². The van der Waals surface area contributed by atoms with Gasteiger partial charge in [0.15, 0.2) is 0 Å². The fourth-order valence-corrected chi connectivity index (χ4v) is 12.1. The zero-order valence-corrected chi connectivity index (χ0v) is 46.5. The van der Waals surface area contributed by atoms with Crippen molar-refractivity contribution >= 4 is 86.4 Å². The Morgan fingerprint density at radius 3 is 1.74 bits per heavy atom. The van der Waals surface area contributed by atoms with E-state index >= 15 is 0 Å². The third kappa shape index (κ3) is 17.3. The lowest BCUT2D eigenvalue weighted by molar-refractivity contribution is -0.145. The second-order valence-electron chi connectivity index (χ2n) is 20.6. The molecule has 0 aliphatic carbocycles. The third-order valence-corrected chi connectivity index (χ3v) is 16.5. The molecule has 3 saturated heterocycles. The van der Waals surface area contributed by atoms with Gasteiger partial charge in [0.2, 0.25) is 53.2 Å². The molecule has 80 heavy (non-hydrogen) atoms. The van der Waals surface area contributed by atoms with Gasteiger partial charge in [0.25, 0.3) is 0 Å². The van der Waals surface area contributed by atoms with Crippen LogP contribution < -0.4 is 60.2 Å². The monoisotopic (exact) mass is 1160 g/mol. The van der Waals surface area contributed by atoms with Crippen molar-refractivity contribution in [3.05, 3.63) is 130 Å². The van der Waals surface area contributed by atoms with E-state index in [-0.39, 0.29) is 73.6 Å². The quantitative estimate of drug-likeness (QED) is 0.0370. The van der Waals surface area contributed by atoms with Crippen LogP contribution >= 0.6 is 33.2 Å². The van der Waals surface area contributed by atoms with E-state index in [1.54, 1.807) is 50.2 Å². The highest BCUT2D eigenvalue weighted by atomic mass is 35.5. The molecule has 0 saturated carbocycles. The molecule has 25 heteroatoms. The number of rotatable bonds is 18. The highest BCUT2D eigenvalue weighted by molar-refractivity contribution is 8.76. The fourth-order valence-electron chi connectivity index (χ4n) is 9.36. The lowest BCUT2D eigenvalue weighted by Gasteiger charge is -2.48. The highest BCUT2D eigenvalue weighted by Crippen LogP contribution is 2.40. The summed E-state index contributed by atoms with van der Waals surface area (Å²) in [5, 5.41) is 39.8. The number of phenols is 2. The summed E-state index contributed by atoms with van der Waals surface area (Å²) in [5.74, 6) is -7.81. The maximum Gasteiger partial charge on any atom is 0.248 e. The Hall–Kier alpha value is -7.38. The molecule has 9 amide bonds. The summed E-state index contributed by atoms with van der Waals surface area (Å²) in [4.78, 5) is 127. The number of piperidine rings is 1. The molecule has 2 bridgehead atoms. The first-order chi connectivity index (χ1) is 37.9. The number of nitrogens with one attached hydrogen (secondary N) is 7. The van der Waals surface area contributed by atoms with Crippen LogP contribution in [0.3, 0.4) is 0 Å². The van der Waals surface area contributed by atoms with Gasteiger partial charge < -0.3 is 70.4 Å². The zero-order chi connectivity index (χ0) is 58.3. The molecule has 4 aromatic rings. The van der Waals surface area contributed by atoms with E-state index in [4.69, 9.17) is 34.5 Å². The number of primary amides is 2. The van der Waals surface area contributed by atoms with E-state index in [9.17, 15) is 53.4 Å². The van der Waals surface area contributed by atoms with E-state index in [0.717, 1.165) is 21.6 Å². The average Bonchev–Trinajstić information content (AvgIpc) is 3.41. The standard InChI is InChI=1S/C55H68ClN11O11S2/c1-54(2)28-55(53(78)65-40(46(60)71)24-32-10-18-36(68)19-11-32)29-80-79-27-43(64-47(72)38(58)23-30-8-16-35(56)17-9-30)51(76)63-42(26-33-12-20-37(69)21-13-33)50(75)62-41(25-31-6-14-34(15-7-31)45(59)70)49(74)61-39(5-3-4-22-57)48(73)66-44(54)52(77)67-55/h6-21,38-44,68-69H,3-5,22-29,57-58H2,1-2H3,(H2,59,70)(H2,60,71)(H,61,74)(H,62,75)(H,63,76)(H,64,72)(H,65,78)(H,66,73)(H,67,77)/t38-,39-,40?,41+,42-,43+,44?,55?/m0/s1. The summed E-state index contributed by atoms with van der Waals surface area (Å²) < 4.78 is 0. The van der Waals surface area contributed by atoms with Crippen LogP contribution in [0.5, 0.6) is 11.5 Å². The number of carbonyl (C=O) groups is 9. The molecule has 3 aliphatic heterocycles. The van der Waals surface area contributed by atoms with E-state index < -0.39 is 106 Å². The molecule has 7 rings (SSSR count). The molecule has 0 radical (unpaired) electrons. The van der Waals surface area contributed by atoms with Gasteiger partial charge in [-0.25, -0.2) is 0 Å². The van der Waals surface area contributed by atoms with Crippen molar-refractivity contribution < 1.29 is 53.4 Å². The van der Waals surface area contributed by atoms with E-state index in [0.29, 0.717) is 40.1 Å². The molecule has 4 aromatic carbocycles. The lowest BCUT2D eigenvalue weighted by Crippen LogP contribution is -2.73. The number of halogens is 1. The third-order valence-electron chi connectivity index (χ3n) is 13.8. The van der Waals surface area contributed by atoms with Crippen molar-refractivity contribution in [2.24, 2.45) is 28.3 Å². The number of hydrogen-bond acceptors (Lipinski definition) is 15. The van der Waals surface area contributed by atoms with Gasteiger partial charge in [-0.3, -0.25) is 43.2 Å². The van der Waals surface area contributed by atoms with Crippen LogP contribution in [-0.2, 0) is 64.0 Å². The molecule has 0 spiro atoms. The van der Waals surface area contributed by atoms with E-state index in [1.165, 1.54) is 60.7 Å². The van der Waals surface area contributed by atoms with Crippen LogP contribution in [0.4, 0.5) is 0 Å². The van der Waals surface area contributed by atoms with Crippen LogP contribution in [0, 0.1) is 5.41 Å². The predicted octanol–water partition coefficient (Wildman–Crippen LogP) is 0.651. The Morgan fingerprint density at radius 1 is 0.675 bits per heavy atom. The largest absolute Gasteiger partial charge is 0.508 e. The molecule has 3 aliphatic rings. The minimum atomic E-state index is -1.82. The molecular formula is C55H68ClN11O11S2. The minimum absolute atomic E-state index is 0.0303. The molecular weight excluding hydrogens is 1090 g/mol. The van der Waals surface area contributed by atoms with Gasteiger partial charge in [0.05, 0.1) is 6.04 Å². The van der Waals surface area contributed by atoms with Crippen LogP contribution in [0.2, 0.25) is 5.02 Å². The molecule has 3 unspecified atom stereocenters. The van der Waals surface area contributed by atoms with E-state index in [1.807, 2.05) is 0 Å². The second-order valence-corrected chi connectivity index (χ2v) is 23.6. The first kappa shape index (κ1) is 61.8. The number of hydrogen-bond donors (Lipinski definition) is 13. The van der Waals surface area contributed by atoms with Crippen molar-refractivity contribution in [3.63, 3.8) is 0 Å². The maximum absolute atomic E-state index is 14.9. The molecule has 0 aromatic heterocycles. The van der Waals surface area contributed by atoms with Crippen molar-refractivity contribution in [1.29, 1.82) is 0 Å². The molecule has 8 atom stereocenters. The SMILES string of the molecule is CC1(C)CC2(C(=O)NC(Cc3ccc(O)cc3)C(N)=O)CSSC[C@@H](NC(=O)[C@@H](N)Cc3ccc(Cl)cc3)C(=O)N[C@@H](Cc3ccc(O)cc3)C(=O)N[C@H](Cc3ccc(C(N)=O)cc3)C(=O)N[C@@H](CCCCN)C(=O)NC1C(=O)N2. The van der Waals surface area contributed by atoms with Crippen LogP contribution in [-0.4, -0.2) is 129 Å². The summed E-state index contributed by atoms with van der Waals surface area (Å²) >= 11 is 6.09. The molecule has 3 fully saturated rings. The van der Waals surface area contributed by atoms with Gasteiger partial charge in [0, 0.05) is 41.4 Å². The van der Waals surface area contributed by atoms with Gasteiger partial charge in [-0.05, 0) is 115 Å². The van der Waals surface area contributed by atoms with Crippen LogP contribution in [0.1, 0.15) is 72.1 Å². The summed E-state index contributed by atoms with van der Waals surface area (Å²) in [5.41, 5.74) is 22.8. The number of unbranched alkanes of at least 4 members (excludes halogenated alkanes) is 1. The lowest BCUT2D eigenvalue weighted by atomic mass is 9.69. The Kier molecular flexibility index (Phi) is 21.8. The van der Waals surface area contributed by atoms with Crippen molar-refractivity contribution in [1.82, 2.24) is 37.2 Å². The predicted molar refractivity (Wildman–Crippen MR) is 303 cm³/mol. The Balaban J connectivity index is 1.42. The van der Waals surface area contributed by atoms with Gasteiger partial charge in [0.1, 0.15) is 53.3 Å². The fraction of sp³-hybridized carbons (Fsp3) is 0.400. The minimum Gasteiger partial charge on any atom is -0.508 e. The number of benzene rings is 4. The summed E-state index contributed by atoms with van der Waals surface area (Å²) in [6.07, 6.45) is 0.223. The summed E-state index contributed by atoms with van der Waals surface area (Å²) in [7, 11) is 2.08. The van der Waals surface area contributed by atoms with Gasteiger partial charge >= 0.3 is 0 Å².